The number of aryl methyl sites for hydroxylation is 1. The number of carbonyl (C=O) groups excluding carboxylic acids is 1. The molecule has 1 N–H and O–H groups in total. The molecule has 7 heteroatoms. The molecule has 3 heterocycles. The van der Waals surface area contributed by atoms with Gasteiger partial charge < -0.3 is 9.84 Å². The highest BCUT2D eigenvalue weighted by Gasteiger charge is 2.13. The number of nitrogens with zero attached hydrogens (tertiary/aromatic N) is 2. The van der Waals surface area contributed by atoms with E-state index in [0.717, 1.165) is 9.75 Å². The van der Waals surface area contributed by atoms with Gasteiger partial charge in [-0.1, -0.05) is 17.3 Å². The molecular formula is C15H15N3O2S2. The van der Waals surface area contributed by atoms with E-state index >= 15 is 0 Å². The Bertz CT molecular complexity index is 720. The summed E-state index contributed by atoms with van der Waals surface area (Å²) in [4.78, 5) is 18.4. The van der Waals surface area contributed by atoms with Gasteiger partial charge in [-0.3, -0.25) is 4.79 Å². The van der Waals surface area contributed by atoms with E-state index in [4.69, 9.17) is 4.52 Å². The Morgan fingerprint density at radius 2 is 2.14 bits per heavy atom. The molecule has 0 bridgehead atoms. The molecule has 0 fully saturated rings. The monoisotopic (exact) mass is 333 g/mol. The van der Waals surface area contributed by atoms with E-state index < -0.39 is 0 Å². The standard InChI is InChI=1S/C15H15N3O2S2/c1-10(11-4-2-8-21-11)16-13(19)6-7-14-17-15(18-20-14)12-5-3-9-22-12/h2-5,8-10H,6-7H2,1H3,(H,16,19). The summed E-state index contributed by atoms with van der Waals surface area (Å²) in [5, 5.41) is 10.9. The van der Waals surface area contributed by atoms with Gasteiger partial charge in [0.1, 0.15) is 0 Å². The fourth-order valence-corrected chi connectivity index (χ4v) is 3.39. The average molecular weight is 333 g/mol. The molecule has 0 aliphatic heterocycles. The second kappa shape index (κ2) is 6.85. The van der Waals surface area contributed by atoms with Crippen molar-refractivity contribution in [3.8, 4) is 10.7 Å². The molecular weight excluding hydrogens is 318 g/mol. The SMILES string of the molecule is CC(NC(=O)CCc1nc(-c2cccs2)no1)c1cccs1. The molecule has 22 heavy (non-hydrogen) atoms. The molecule has 0 saturated heterocycles. The molecule has 0 aliphatic carbocycles. The molecule has 3 rings (SSSR count). The van der Waals surface area contributed by atoms with E-state index in [0.29, 0.717) is 24.6 Å². The maximum absolute atomic E-state index is 12.0. The summed E-state index contributed by atoms with van der Waals surface area (Å²) in [7, 11) is 0. The van der Waals surface area contributed by atoms with Crippen LogP contribution in [-0.4, -0.2) is 16.0 Å². The minimum atomic E-state index is -0.0169. The van der Waals surface area contributed by atoms with Crippen LogP contribution in [0.5, 0.6) is 0 Å². The number of amides is 1. The molecule has 3 aromatic heterocycles. The fourth-order valence-electron chi connectivity index (χ4n) is 2.01. The lowest BCUT2D eigenvalue weighted by Gasteiger charge is -2.11. The number of aromatic nitrogens is 2. The number of nitrogens with one attached hydrogen (secondary N) is 1. The lowest BCUT2D eigenvalue weighted by molar-refractivity contribution is -0.121. The quantitative estimate of drug-likeness (QED) is 0.747. The molecule has 0 spiro atoms. The van der Waals surface area contributed by atoms with Gasteiger partial charge in [0.05, 0.1) is 10.9 Å². The van der Waals surface area contributed by atoms with Crippen molar-refractivity contribution in [1.29, 1.82) is 0 Å². The van der Waals surface area contributed by atoms with Crippen molar-refractivity contribution < 1.29 is 9.32 Å². The van der Waals surface area contributed by atoms with E-state index in [9.17, 15) is 4.79 Å². The largest absolute Gasteiger partial charge is 0.349 e. The summed E-state index contributed by atoms with van der Waals surface area (Å²) in [5.41, 5.74) is 0. The van der Waals surface area contributed by atoms with E-state index in [1.807, 2.05) is 41.9 Å². The predicted molar refractivity (Wildman–Crippen MR) is 86.8 cm³/mol. The van der Waals surface area contributed by atoms with Crippen molar-refractivity contribution in [2.24, 2.45) is 0 Å². The second-order valence-electron chi connectivity index (χ2n) is 4.79. The van der Waals surface area contributed by atoms with Gasteiger partial charge in [0.25, 0.3) is 0 Å². The number of thiophene rings is 2. The van der Waals surface area contributed by atoms with E-state index in [2.05, 4.69) is 15.5 Å². The Morgan fingerprint density at radius 3 is 2.86 bits per heavy atom. The normalized spacial score (nSPS) is 12.2. The average Bonchev–Trinajstić information content (AvgIpc) is 3.25. The molecule has 114 valence electrons. The fraction of sp³-hybridized carbons (Fsp3) is 0.267. The van der Waals surface area contributed by atoms with Crippen LogP contribution in [0.3, 0.4) is 0 Å². The van der Waals surface area contributed by atoms with Crippen molar-refractivity contribution in [2.75, 3.05) is 0 Å². The topological polar surface area (TPSA) is 68.0 Å². The lowest BCUT2D eigenvalue weighted by atomic mass is 10.2. The number of hydrogen-bond donors (Lipinski definition) is 1. The van der Waals surface area contributed by atoms with Crippen LogP contribution >= 0.6 is 22.7 Å². The summed E-state index contributed by atoms with van der Waals surface area (Å²) in [6.45, 7) is 1.98. The van der Waals surface area contributed by atoms with E-state index in [1.54, 1.807) is 22.7 Å². The highest BCUT2D eigenvalue weighted by molar-refractivity contribution is 7.13. The van der Waals surface area contributed by atoms with Crippen LogP contribution in [-0.2, 0) is 11.2 Å². The first-order valence-corrected chi connectivity index (χ1v) is 8.67. The van der Waals surface area contributed by atoms with E-state index in [1.165, 1.54) is 0 Å². The Labute approximate surface area is 136 Å². The molecule has 5 nitrogen and oxygen atoms in total. The maximum atomic E-state index is 12.0. The van der Waals surface area contributed by atoms with Crippen LogP contribution in [0.15, 0.2) is 39.5 Å². The molecule has 0 aliphatic rings. The summed E-state index contributed by atoms with van der Waals surface area (Å²) in [5.74, 6) is 1.05. The molecule has 3 aromatic rings. The van der Waals surface area contributed by atoms with Crippen LogP contribution in [0, 0.1) is 0 Å². The van der Waals surface area contributed by atoms with Gasteiger partial charge in [-0.25, -0.2) is 0 Å². The van der Waals surface area contributed by atoms with Crippen molar-refractivity contribution in [2.45, 2.75) is 25.8 Å². The lowest BCUT2D eigenvalue weighted by Crippen LogP contribution is -2.26. The van der Waals surface area contributed by atoms with Crippen LogP contribution in [0.1, 0.15) is 30.2 Å². The molecule has 0 saturated carbocycles. The Morgan fingerprint density at radius 1 is 1.32 bits per heavy atom. The van der Waals surface area contributed by atoms with Crippen LogP contribution < -0.4 is 5.32 Å². The Hall–Kier alpha value is -1.99. The molecule has 1 atom stereocenters. The Kier molecular flexibility index (Phi) is 4.65. The van der Waals surface area contributed by atoms with Gasteiger partial charge >= 0.3 is 0 Å². The minimum Gasteiger partial charge on any atom is -0.349 e. The highest BCUT2D eigenvalue weighted by Crippen LogP contribution is 2.22. The highest BCUT2D eigenvalue weighted by atomic mass is 32.1. The summed E-state index contributed by atoms with van der Waals surface area (Å²) >= 11 is 3.19. The van der Waals surface area contributed by atoms with Gasteiger partial charge in [0, 0.05) is 17.7 Å². The number of hydrogen-bond acceptors (Lipinski definition) is 6. The van der Waals surface area contributed by atoms with Gasteiger partial charge in [-0.15, -0.1) is 22.7 Å². The van der Waals surface area contributed by atoms with Crippen molar-refractivity contribution in [1.82, 2.24) is 15.5 Å². The van der Waals surface area contributed by atoms with Crippen LogP contribution in [0.4, 0.5) is 0 Å². The first-order valence-electron chi connectivity index (χ1n) is 6.91. The number of rotatable bonds is 6. The summed E-state index contributed by atoms with van der Waals surface area (Å²) in [6, 6.07) is 7.90. The van der Waals surface area contributed by atoms with E-state index in [-0.39, 0.29) is 11.9 Å². The Balaban J connectivity index is 1.51. The first-order chi connectivity index (χ1) is 10.7. The third-order valence-corrected chi connectivity index (χ3v) is 5.04. The molecule has 0 aromatic carbocycles. The van der Waals surface area contributed by atoms with Crippen molar-refractivity contribution in [3.63, 3.8) is 0 Å². The first kappa shape index (κ1) is 14.9. The third-order valence-electron chi connectivity index (χ3n) is 3.12. The minimum absolute atomic E-state index is 0.0169. The van der Waals surface area contributed by atoms with Gasteiger partial charge in [0.2, 0.25) is 17.6 Å². The van der Waals surface area contributed by atoms with Crippen LogP contribution in [0.25, 0.3) is 10.7 Å². The van der Waals surface area contributed by atoms with Gasteiger partial charge in [-0.05, 0) is 29.8 Å². The predicted octanol–water partition coefficient (Wildman–Crippen LogP) is 3.67. The summed E-state index contributed by atoms with van der Waals surface area (Å²) < 4.78 is 5.18. The third kappa shape index (κ3) is 3.61. The van der Waals surface area contributed by atoms with Crippen LogP contribution in [0.2, 0.25) is 0 Å². The van der Waals surface area contributed by atoms with Crippen molar-refractivity contribution in [3.05, 3.63) is 45.8 Å². The molecule has 1 unspecified atom stereocenters. The molecule has 0 radical (unpaired) electrons. The maximum Gasteiger partial charge on any atom is 0.227 e. The zero-order chi connectivity index (χ0) is 15.4. The number of carbonyl (C=O) groups is 1. The second-order valence-corrected chi connectivity index (χ2v) is 6.72. The molecule has 1 amide bonds. The van der Waals surface area contributed by atoms with Gasteiger partial charge in [-0.2, -0.15) is 4.98 Å². The zero-order valence-corrected chi connectivity index (χ0v) is 13.6. The summed E-state index contributed by atoms with van der Waals surface area (Å²) in [6.07, 6.45) is 0.781. The smallest absolute Gasteiger partial charge is 0.227 e. The van der Waals surface area contributed by atoms with Gasteiger partial charge in [0.15, 0.2) is 0 Å². The zero-order valence-electron chi connectivity index (χ0n) is 12.0. The van der Waals surface area contributed by atoms with Crippen molar-refractivity contribution >= 4 is 28.6 Å².